The van der Waals surface area contributed by atoms with Crippen LogP contribution in [0.25, 0.3) is 0 Å². The molecule has 17 heavy (non-hydrogen) atoms. The monoisotopic (exact) mass is 298 g/mol. The molecule has 2 atom stereocenters. The first kappa shape index (κ1) is 14.2. The van der Waals surface area contributed by atoms with E-state index < -0.39 is 5.41 Å². The van der Waals surface area contributed by atoms with Crippen molar-refractivity contribution in [2.24, 2.45) is 5.41 Å². The summed E-state index contributed by atoms with van der Waals surface area (Å²) >= 11 is 3.41. The fourth-order valence-electron chi connectivity index (χ4n) is 1.98. The molecule has 0 spiro atoms. The van der Waals surface area contributed by atoms with Crippen molar-refractivity contribution in [3.05, 3.63) is 34.3 Å². The van der Waals surface area contributed by atoms with E-state index in [1.165, 1.54) is 7.11 Å². The van der Waals surface area contributed by atoms with Gasteiger partial charge >= 0.3 is 5.97 Å². The number of carbonyl (C=O) groups excluding carboxylic acids is 1. The molecule has 1 aromatic carbocycles. The van der Waals surface area contributed by atoms with Gasteiger partial charge in [0.15, 0.2) is 0 Å². The van der Waals surface area contributed by atoms with Gasteiger partial charge in [-0.05, 0) is 37.0 Å². The van der Waals surface area contributed by atoms with Crippen molar-refractivity contribution in [2.45, 2.75) is 33.1 Å². The van der Waals surface area contributed by atoms with Crippen molar-refractivity contribution in [3.8, 4) is 0 Å². The largest absolute Gasteiger partial charge is 0.469 e. The molecular weight excluding hydrogens is 280 g/mol. The van der Waals surface area contributed by atoms with Crippen molar-refractivity contribution in [3.63, 3.8) is 0 Å². The number of rotatable bonds is 4. The molecule has 0 aliphatic carbocycles. The van der Waals surface area contributed by atoms with Crippen LogP contribution in [0.15, 0.2) is 28.7 Å². The number of ether oxygens (including phenoxy) is 1. The highest BCUT2D eigenvalue weighted by atomic mass is 79.9. The van der Waals surface area contributed by atoms with Gasteiger partial charge in [0.2, 0.25) is 0 Å². The minimum Gasteiger partial charge on any atom is -0.469 e. The molecule has 1 aromatic rings. The molecule has 0 unspecified atom stereocenters. The van der Waals surface area contributed by atoms with Crippen LogP contribution in [-0.4, -0.2) is 13.1 Å². The Morgan fingerprint density at radius 1 is 1.41 bits per heavy atom. The lowest BCUT2D eigenvalue weighted by Gasteiger charge is -2.32. The summed E-state index contributed by atoms with van der Waals surface area (Å²) in [5.74, 6) is -0.0107. The number of hydrogen-bond donors (Lipinski definition) is 0. The van der Waals surface area contributed by atoms with Gasteiger partial charge in [0.25, 0.3) is 0 Å². The Bertz CT molecular complexity index is 386. The van der Waals surface area contributed by atoms with Gasteiger partial charge in [0.1, 0.15) is 0 Å². The first-order valence-corrected chi connectivity index (χ1v) is 6.59. The molecule has 0 fully saturated rings. The number of hydrogen-bond acceptors (Lipinski definition) is 2. The number of benzene rings is 1. The molecule has 0 saturated carbocycles. The van der Waals surface area contributed by atoms with Gasteiger partial charge in [0, 0.05) is 4.47 Å². The average Bonchev–Trinajstić information content (AvgIpc) is 2.36. The Hall–Kier alpha value is -0.830. The molecule has 0 aliphatic heterocycles. The van der Waals surface area contributed by atoms with Crippen molar-refractivity contribution < 1.29 is 9.53 Å². The van der Waals surface area contributed by atoms with E-state index in [1.54, 1.807) is 0 Å². The Labute approximate surface area is 111 Å². The molecule has 0 radical (unpaired) electrons. The first-order chi connectivity index (χ1) is 7.95. The summed E-state index contributed by atoms with van der Waals surface area (Å²) in [6.45, 7) is 6.06. The third kappa shape index (κ3) is 2.89. The van der Waals surface area contributed by atoms with Crippen molar-refractivity contribution in [2.75, 3.05) is 7.11 Å². The standard InChI is InChI=1S/C14H19BrO2/c1-5-14(3,13(16)17-4)10(2)11-6-8-12(15)9-7-11/h6-10H,5H2,1-4H3/t10-,14-/m1/s1. The smallest absolute Gasteiger partial charge is 0.312 e. The highest BCUT2D eigenvalue weighted by molar-refractivity contribution is 9.10. The minimum atomic E-state index is -0.470. The summed E-state index contributed by atoms with van der Waals surface area (Å²) in [6.07, 6.45) is 0.761. The highest BCUT2D eigenvalue weighted by Gasteiger charge is 2.38. The molecule has 3 heteroatoms. The summed E-state index contributed by atoms with van der Waals surface area (Å²) in [7, 11) is 1.45. The van der Waals surface area contributed by atoms with Crippen LogP contribution < -0.4 is 0 Å². The van der Waals surface area contributed by atoms with Gasteiger partial charge in [0.05, 0.1) is 12.5 Å². The lowest BCUT2D eigenvalue weighted by Crippen LogP contribution is -2.33. The van der Waals surface area contributed by atoms with Gasteiger partial charge in [-0.3, -0.25) is 4.79 Å². The molecule has 0 N–H and O–H groups in total. The average molecular weight is 299 g/mol. The van der Waals surface area contributed by atoms with E-state index in [9.17, 15) is 4.79 Å². The second-order valence-corrected chi connectivity index (χ2v) is 5.45. The maximum absolute atomic E-state index is 11.9. The maximum atomic E-state index is 11.9. The van der Waals surface area contributed by atoms with Crippen LogP contribution >= 0.6 is 15.9 Å². The predicted octanol–water partition coefficient (Wildman–Crippen LogP) is 4.14. The Balaban J connectivity index is 3.04. The zero-order valence-corrected chi connectivity index (χ0v) is 12.4. The molecule has 0 aliphatic rings. The van der Waals surface area contributed by atoms with Crippen LogP contribution in [0.2, 0.25) is 0 Å². The third-order valence-electron chi connectivity index (χ3n) is 3.71. The lowest BCUT2D eigenvalue weighted by atomic mass is 9.72. The van der Waals surface area contributed by atoms with E-state index in [1.807, 2.05) is 38.1 Å². The van der Waals surface area contributed by atoms with E-state index in [4.69, 9.17) is 4.74 Å². The van der Waals surface area contributed by atoms with Crippen LogP contribution in [0.1, 0.15) is 38.7 Å². The lowest BCUT2D eigenvalue weighted by molar-refractivity contribution is -0.153. The Morgan fingerprint density at radius 3 is 2.35 bits per heavy atom. The van der Waals surface area contributed by atoms with Crippen LogP contribution in [-0.2, 0) is 9.53 Å². The zero-order chi connectivity index (χ0) is 13.1. The molecule has 94 valence electrons. The zero-order valence-electron chi connectivity index (χ0n) is 10.8. The van der Waals surface area contributed by atoms with E-state index in [0.29, 0.717) is 0 Å². The fraction of sp³-hybridized carbons (Fsp3) is 0.500. The summed E-state index contributed by atoms with van der Waals surface area (Å²) in [5.41, 5.74) is 0.686. The Kier molecular flexibility index (Phi) is 4.75. The van der Waals surface area contributed by atoms with Crippen LogP contribution in [0.4, 0.5) is 0 Å². The molecule has 2 nitrogen and oxygen atoms in total. The van der Waals surface area contributed by atoms with E-state index in [0.717, 1.165) is 16.5 Å². The van der Waals surface area contributed by atoms with Gasteiger partial charge in [-0.1, -0.05) is 41.9 Å². The number of carbonyl (C=O) groups is 1. The van der Waals surface area contributed by atoms with E-state index in [2.05, 4.69) is 22.9 Å². The predicted molar refractivity (Wildman–Crippen MR) is 73.0 cm³/mol. The normalized spacial score (nSPS) is 16.1. The minimum absolute atomic E-state index is 0.132. The molecule has 0 aromatic heterocycles. The summed E-state index contributed by atoms with van der Waals surface area (Å²) in [6, 6.07) is 8.09. The van der Waals surface area contributed by atoms with Crippen LogP contribution in [0.3, 0.4) is 0 Å². The van der Waals surface area contributed by atoms with E-state index >= 15 is 0 Å². The fourth-order valence-corrected chi connectivity index (χ4v) is 2.24. The molecule has 0 saturated heterocycles. The number of halogens is 1. The summed E-state index contributed by atoms with van der Waals surface area (Å²) in [5, 5.41) is 0. The maximum Gasteiger partial charge on any atom is 0.312 e. The molecular formula is C14H19BrO2. The van der Waals surface area contributed by atoms with Crippen molar-refractivity contribution in [1.29, 1.82) is 0 Å². The van der Waals surface area contributed by atoms with Crippen molar-refractivity contribution >= 4 is 21.9 Å². The molecule has 1 rings (SSSR count). The second kappa shape index (κ2) is 5.67. The van der Waals surface area contributed by atoms with E-state index in [-0.39, 0.29) is 11.9 Å². The highest BCUT2D eigenvalue weighted by Crippen LogP contribution is 2.39. The number of methoxy groups -OCH3 is 1. The third-order valence-corrected chi connectivity index (χ3v) is 4.24. The van der Waals surface area contributed by atoms with Gasteiger partial charge < -0.3 is 4.74 Å². The van der Waals surface area contributed by atoms with Gasteiger partial charge in [-0.25, -0.2) is 0 Å². The van der Waals surface area contributed by atoms with Gasteiger partial charge in [-0.2, -0.15) is 0 Å². The summed E-state index contributed by atoms with van der Waals surface area (Å²) < 4.78 is 5.97. The molecule has 0 amide bonds. The topological polar surface area (TPSA) is 26.3 Å². The quantitative estimate of drug-likeness (QED) is 0.781. The summed E-state index contributed by atoms with van der Waals surface area (Å²) in [4.78, 5) is 11.9. The SMILES string of the molecule is CC[C@@](C)(C(=O)OC)[C@H](C)c1ccc(Br)cc1. The molecule has 0 heterocycles. The number of esters is 1. The van der Waals surface area contributed by atoms with Crippen molar-refractivity contribution in [1.82, 2.24) is 0 Å². The first-order valence-electron chi connectivity index (χ1n) is 5.79. The van der Waals surface area contributed by atoms with Gasteiger partial charge in [-0.15, -0.1) is 0 Å². The van der Waals surface area contributed by atoms with Crippen LogP contribution in [0, 0.1) is 5.41 Å². The van der Waals surface area contributed by atoms with Crippen LogP contribution in [0.5, 0.6) is 0 Å². The molecule has 0 bridgehead atoms. The second-order valence-electron chi connectivity index (χ2n) is 4.54. The Morgan fingerprint density at radius 2 is 1.94 bits per heavy atom.